The Hall–Kier alpha value is -1.76. The summed E-state index contributed by atoms with van der Waals surface area (Å²) in [7, 11) is 0. The van der Waals surface area contributed by atoms with Crippen LogP contribution < -0.4 is 0 Å². The molecule has 1 aliphatic carbocycles. The predicted octanol–water partition coefficient (Wildman–Crippen LogP) is 4.71. The topological polar surface area (TPSA) is 94.8 Å². The first-order valence-electron chi connectivity index (χ1n) is 10.5. The molecular formula is C23H30O5S. The standard InChI is InChI=1S/C23H30O5S/c24-18(22-13-15-7-5-6-9-21(15)29-22)12-11-17-16(19(25)14-20(17)26)8-3-1-2-4-10-23(27)28/h5-7,9,13,16-18,20,24,26H,1-4,8,10-12,14H2,(H,27,28)/t16-,17-,18?,20-/m1/s1. The third kappa shape index (κ3) is 5.87. The van der Waals surface area contributed by atoms with E-state index in [2.05, 4.69) is 0 Å². The van der Waals surface area contributed by atoms with Gasteiger partial charge in [0.05, 0.1) is 12.2 Å². The van der Waals surface area contributed by atoms with Crippen LogP contribution in [0.4, 0.5) is 0 Å². The lowest BCUT2D eigenvalue weighted by atomic mass is 9.85. The number of aliphatic hydroxyl groups excluding tert-OH is 2. The molecule has 0 spiro atoms. The number of thiophene rings is 1. The largest absolute Gasteiger partial charge is 0.481 e. The average Bonchev–Trinajstić information content (AvgIpc) is 3.23. The van der Waals surface area contributed by atoms with Crippen LogP contribution in [0, 0.1) is 11.8 Å². The summed E-state index contributed by atoms with van der Waals surface area (Å²) in [5.74, 6) is -0.870. The number of carbonyl (C=O) groups is 2. The minimum atomic E-state index is -0.767. The molecule has 29 heavy (non-hydrogen) atoms. The van der Waals surface area contributed by atoms with Gasteiger partial charge in [-0.15, -0.1) is 11.3 Å². The average molecular weight is 419 g/mol. The highest BCUT2D eigenvalue weighted by Crippen LogP contribution is 2.39. The van der Waals surface area contributed by atoms with Crippen LogP contribution in [0.25, 0.3) is 10.1 Å². The van der Waals surface area contributed by atoms with Crippen LogP contribution in [0.5, 0.6) is 0 Å². The minimum absolute atomic E-state index is 0.0921. The summed E-state index contributed by atoms with van der Waals surface area (Å²) in [6, 6.07) is 10.1. The first-order valence-corrected chi connectivity index (χ1v) is 11.4. The second-order valence-corrected chi connectivity index (χ2v) is 9.25. The van der Waals surface area contributed by atoms with E-state index in [0.29, 0.717) is 19.3 Å². The van der Waals surface area contributed by atoms with E-state index in [1.165, 1.54) is 0 Å². The molecule has 1 aromatic carbocycles. The fraction of sp³-hybridized carbons (Fsp3) is 0.565. The van der Waals surface area contributed by atoms with Gasteiger partial charge in [0.25, 0.3) is 0 Å². The zero-order valence-electron chi connectivity index (χ0n) is 16.6. The monoisotopic (exact) mass is 418 g/mol. The molecule has 0 amide bonds. The summed E-state index contributed by atoms with van der Waals surface area (Å²) >= 11 is 1.59. The molecular weight excluding hydrogens is 388 g/mol. The van der Waals surface area contributed by atoms with Crippen molar-refractivity contribution in [1.29, 1.82) is 0 Å². The Morgan fingerprint density at radius 3 is 2.66 bits per heavy atom. The second kappa shape index (κ2) is 10.3. The number of carbonyl (C=O) groups excluding carboxylic acids is 1. The summed E-state index contributed by atoms with van der Waals surface area (Å²) in [5, 5.41) is 30.8. The number of Topliss-reactive ketones (excluding diaryl/α,β-unsaturated/α-hetero) is 1. The molecule has 5 nitrogen and oxygen atoms in total. The van der Waals surface area contributed by atoms with Gasteiger partial charge < -0.3 is 15.3 Å². The van der Waals surface area contributed by atoms with Crippen LogP contribution in [0.2, 0.25) is 0 Å². The Kier molecular flexibility index (Phi) is 7.81. The van der Waals surface area contributed by atoms with Gasteiger partial charge in [0.2, 0.25) is 0 Å². The molecule has 1 aliphatic rings. The minimum Gasteiger partial charge on any atom is -0.481 e. The molecule has 6 heteroatoms. The second-order valence-electron chi connectivity index (χ2n) is 8.13. The van der Waals surface area contributed by atoms with E-state index in [0.717, 1.165) is 40.6 Å². The Morgan fingerprint density at radius 2 is 1.90 bits per heavy atom. The molecule has 1 aromatic heterocycles. The molecule has 2 aromatic rings. The quantitative estimate of drug-likeness (QED) is 0.460. The molecule has 158 valence electrons. The van der Waals surface area contributed by atoms with Gasteiger partial charge in [-0.2, -0.15) is 0 Å². The summed E-state index contributed by atoms with van der Waals surface area (Å²) in [5.41, 5.74) is 0. The van der Waals surface area contributed by atoms with Crippen molar-refractivity contribution in [2.24, 2.45) is 11.8 Å². The van der Waals surface area contributed by atoms with Crippen molar-refractivity contribution >= 4 is 33.2 Å². The zero-order chi connectivity index (χ0) is 20.8. The van der Waals surface area contributed by atoms with Gasteiger partial charge in [-0.05, 0) is 49.1 Å². The number of aliphatic carboxylic acids is 1. The third-order valence-electron chi connectivity index (χ3n) is 6.04. The number of carboxylic acid groups (broad SMARTS) is 1. The zero-order valence-corrected chi connectivity index (χ0v) is 17.4. The van der Waals surface area contributed by atoms with E-state index in [1.54, 1.807) is 11.3 Å². The molecule has 0 bridgehead atoms. The van der Waals surface area contributed by atoms with Crippen molar-refractivity contribution in [3.8, 4) is 0 Å². The fourth-order valence-corrected chi connectivity index (χ4v) is 5.52. The molecule has 1 unspecified atom stereocenters. The number of benzene rings is 1. The SMILES string of the molecule is O=C(O)CCCCCC[C@H]1C(=O)C[C@@H](O)[C@@H]1CCC(O)c1cc2ccccc2s1. The lowest BCUT2D eigenvalue weighted by Crippen LogP contribution is -2.21. The number of hydrogen-bond acceptors (Lipinski definition) is 5. The Bertz CT molecular complexity index is 797. The van der Waals surface area contributed by atoms with Crippen molar-refractivity contribution in [2.75, 3.05) is 0 Å². The van der Waals surface area contributed by atoms with Crippen LogP contribution >= 0.6 is 11.3 Å². The van der Waals surface area contributed by atoms with Crippen LogP contribution in [0.1, 0.15) is 68.8 Å². The highest BCUT2D eigenvalue weighted by atomic mass is 32.1. The molecule has 0 aliphatic heterocycles. The highest BCUT2D eigenvalue weighted by Gasteiger charge is 2.40. The summed E-state index contributed by atoms with van der Waals surface area (Å²) in [6.07, 6.45) is 4.43. The van der Waals surface area contributed by atoms with E-state index in [9.17, 15) is 19.8 Å². The van der Waals surface area contributed by atoms with Gasteiger partial charge in [-0.25, -0.2) is 0 Å². The van der Waals surface area contributed by atoms with Crippen molar-refractivity contribution in [2.45, 2.75) is 70.0 Å². The van der Waals surface area contributed by atoms with Gasteiger partial charge in [-0.3, -0.25) is 9.59 Å². The Balaban J connectivity index is 1.49. The molecule has 4 atom stereocenters. The van der Waals surface area contributed by atoms with Crippen LogP contribution in [0.15, 0.2) is 30.3 Å². The maximum atomic E-state index is 12.3. The van der Waals surface area contributed by atoms with Crippen molar-refractivity contribution in [1.82, 2.24) is 0 Å². The molecule has 0 saturated heterocycles. The van der Waals surface area contributed by atoms with Gasteiger partial charge in [0, 0.05) is 28.3 Å². The van der Waals surface area contributed by atoms with E-state index in [4.69, 9.17) is 5.11 Å². The number of rotatable bonds is 11. The van der Waals surface area contributed by atoms with Crippen LogP contribution in [-0.4, -0.2) is 33.2 Å². The number of unbranched alkanes of at least 4 members (excludes halogenated alkanes) is 3. The molecule has 0 radical (unpaired) electrons. The molecule has 3 rings (SSSR count). The van der Waals surface area contributed by atoms with Crippen molar-refractivity contribution in [3.05, 3.63) is 35.2 Å². The maximum Gasteiger partial charge on any atom is 0.303 e. The maximum absolute atomic E-state index is 12.3. The normalized spacial score (nSPS) is 23.0. The molecule has 3 N–H and O–H groups in total. The summed E-state index contributed by atoms with van der Waals surface area (Å²) in [4.78, 5) is 23.8. The lowest BCUT2D eigenvalue weighted by molar-refractivity contribution is -0.137. The van der Waals surface area contributed by atoms with Crippen LogP contribution in [-0.2, 0) is 9.59 Å². The summed E-state index contributed by atoms with van der Waals surface area (Å²) < 4.78 is 1.15. The Labute approximate surface area is 175 Å². The lowest BCUT2D eigenvalue weighted by Gasteiger charge is -2.22. The van der Waals surface area contributed by atoms with Gasteiger partial charge in [-0.1, -0.05) is 37.5 Å². The smallest absolute Gasteiger partial charge is 0.303 e. The number of hydrogen-bond donors (Lipinski definition) is 3. The van der Waals surface area contributed by atoms with Gasteiger partial charge >= 0.3 is 5.97 Å². The van der Waals surface area contributed by atoms with E-state index >= 15 is 0 Å². The number of aliphatic hydroxyl groups is 2. The highest BCUT2D eigenvalue weighted by molar-refractivity contribution is 7.19. The first kappa shape index (κ1) is 21.9. The predicted molar refractivity (Wildman–Crippen MR) is 114 cm³/mol. The number of carboxylic acids is 1. The fourth-order valence-electron chi connectivity index (χ4n) is 4.44. The number of ketones is 1. The van der Waals surface area contributed by atoms with Crippen LogP contribution in [0.3, 0.4) is 0 Å². The third-order valence-corrected chi connectivity index (χ3v) is 7.25. The number of fused-ring (bicyclic) bond motifs is 1. The van der Waals surface area contributed by atoms with E-state index < -0.39 is 18.2 Å². The van der Waals surface area contributed by atoms with Gasteiger partial charge in [0.1, 0.15) is 5.78 Å². The van der Waals surface area contributed by atoms with E-state index in [1.807, 2.05) is 30.3 Å². The summed E-state index contributed by atoms with van der Waals surface area (Å²) in [6.45, 7) is 0. The van der Waals surface area contributed by atoms with Crippen molar-refractivity contribution in [3.63, 3.8) is 0 Å². The molecule has 1 saturated carbocycles. The van der Waals surface area contributed by atoms with E-state index in [-0.39, 0.29) is 30.5 Å². The van der Waals surface area contributed by atoms with Crippen molar-refractivity contribution < 1.29 is 24.9 Å². The molecule has 1 heterocycles. The van der Waals surface area contributed by atoms with Gasteiger partial charge in [0.15, 0.2) is 0 Å². The Morgan fingerprint density at radius 1 is 1.14 bits per heavy atom. The first-order chi connectivity index (χ1) is 14.0. The molecule has 1 fully saturated rings.